The van der Waals surface area contributed by atoms with Gasteiger partial charge in [-0.05, 0) is 46.5 Å². The van der Waals surface area contributed by atoms with Crippen LogP contribution in [0.15, 0.2) is 52.3 Å². The lowest BCUT2D eigenvalue weighted by Crippen LogP contribution is -2.12. The number of ether oxygens (including phenoxy) is 1. The minimum Gasteiger partial charge on any atom is -0.492 e. The van der Waals surface area contributed by atoms with Gasteiger partial charge < -0.3 is 10.1 Å². The van der Waals surface area contributed by atoms with E-state index in [1.165, 1.54) is 29.0 Å². The number of nitro benzene ring substituents is 1. The molecule has 3 rings (SSSR count). The monoisotopic (exact) mass is 489 g/mol. The molecule has 156 valence electrons. The van der Waals surface area contributed by atoms with Crippen LogP contribution >= 0.6 is 27.3 Å². The van der Waals surface area contributed by atoms with E-state index in [4.69, 9.17) is 4.74 Å². The van der Waals surface area contributed by atoms with Gasteiger partial charge in [0, 0.05) is 29.5 Å². The lowest BCUT2D eigenvalue weighted by Gasteiger charge is -2.09. The fraction of sp³-hybridized carbons (Fsp3) is 0.238. The summed E-state index contributed by atoms with van der Waals surface area (Å²) in [6, 6.07) is 12.2. The fourth-order valence-electron chi connectivity index (χ4n) is 2.72. The number of thiazole rings is 1. The number of hydrogen-bond acceptors (Lipinski definition) is 6. The first kappa shape index (κ1) is 21.9. The zero-order valence-corrected chi connectivity index (χ0v) is 18.7. The summed E-state index contributed by atoms with van der Waals surface area (Å²) < 4.78 is 6.64. The van der Waals surface area contributed by atoms with Gasteiger partial charge in [0.2, 0.25) is 5.91 Å². The number of nitrogens with zero attached hydrogens (tertiary/aromatic N) is 2. The number of carbonyl (C=O) groups is 1. The fourth-order valence-corrected chi connectivity index (χ4v) is 4.00. The van der Waals surface area contributed by atoms with Crippen molar-refractivity contribution in [2.75, 3.05) is 11.9 Å². The molecule has 0 bridgehead atoms. The molecule has 0 radical (unpaired) electrons. The van der Waals surface area contributed by atoms with Crippen molar-refractivity contribution in [1.82, 2.24) is 4.98 Å². The number of anilines is 1. The molecule has 0 aliphatic carbocycles. The van der Waals surface area contributed by atoms with Crippen LogP contribution in [0.5, 0.6) is 5.75 Å². The van der Waals surface area contributed by atoms with E-state index >= 15 is 0 Å². The molecule has 0 spiro atoms. The van der Waals surface area contributed by atoms with Crippen molar-refractivity contribution in [1.29, 1.82) is 0 Å². The van der Waals surface area contributed by atoms with Crippen molar-refractivity contribution in [3.05, 3.63) is 68.0 Å². The number of halogens is 1. The van der Waals surface area contributed by atoms with E-state index in [0.717, 1.165) is 16.6 Å². The molecule has 30 heavy (non-hydrogen) atoms. The van der Waals surface area contributed by atoms with Gasteiger partial charge in [-0.3, -0.25) is 14.9 Å². The van der Waals surface area contributed by atoms with Crippen LogP contribution in [-0.4, -0.2) is 22.4 Å². The summed E-state index contributed by atoms with van der Waals surface area (Å²) in [5.74, 6) is 0.605. The van der Waals surface area contributed by atoms with Gasteiger partial charge in [-0.25, -0.2) is 4.98 Å². The highest BCUT2D eigenvalue weighted by Crippen LogP contribution is 2.28. The molecule has 1 N–H and O–H groups in total. The Hall–Kier alpha value is -2.78. The Morgan fingerprint density at radius 2 is 2.13 bits per heavy atom. The predicted molar refractivity (Wildman–Crippen MR) is 121 cm³/mol. The molecule has 0 saturated carbocycles. The molecule has 3 aromatic rings. The van der Waals surface area contributed by atoms with Crippen LogP contribution in [0.3, 0.4) is 0 Å². The van der Waals surface area contributed by atoms with Crippen LogP contribution in [0, 0.1) is 10.1 Å². The lowest BCUT2D eigenvalue weighted by atomic mass is 10.1. The molecule has 9 heteroatoms. The third-order valence-corrected chi connectivity index (χ3v) is 5.69. The minimum atomic E-state index is -0.447. The number of carbonyl (C=O) groups excluding carboxylic acids is 1. The molecule has 0 aliphatic rings. The number of rotatable bonds is 9. The van der Waals surface area contributed by atoms with E-state index in [9.17, 15) is 14.9 Å². The highest BCUT2D eigenvalue weighted by molar-refractivity contribution is 9.10. The summed E-state index contributed by atoms with van der Waals surface area (Å²) in [5, 5.41) is 15.9. The molecule has 0 unspecified atom stereocenters. The standard InChI is InChI=1S/C21H20BrN3O4S/c1-2-14-8-9-19(17(22)11-14)29-10-4-7-20(26)24-21-23-18(13-30-21)15-5-3-6-16(12-15)25(27)28/h3,5-6,8-9,11-13H,2,4,7,10H2,1H3,(H,23,24,26). The highest BCUT2D eigenvalue weighted by atomic mass is 79.9. The van der Waals surface area contributed by atoms with Crippen molar-refractivity contribution in [3.63, 3.8) is 0 Å². The molecule has 1 amide bonds. The number of benzene rings is 2. The van der Waals surface area contributed by atoms with Crippen molar-refractivity contribution >= 4 is 44.0 Å². The van der Waals surface area contributed by atoms with E-state index < -0.39 is 4.92 Å². The van der Waals surface area contributed by atoms with E-state index in [-0.39, 0.29) is 11.6 Å². The molecular weight excluding hydrogens is 470 g/mol. The molecule has 1 aromatic heterocycles. The minimum absolute atomic E-state index is 0.00190. The van der Waals surface area contributed by atoms with E-state index in [0.29, 0.717) is 35.8 Å². The van der Waals surface area contributed by atoms with Crippen LogP contribution in [0.4, 0.5) is 10.8 Å². The normalized spacial score (nSPS) is 10.6. The molecule has 1 heterocycles. The Kier molecular flexibility index (Phi) is 7.53. The second-order valence-electron chi connectivity index (χ2n) is 6.46. The molecule has 0 atom stereocenters. The second-order valence-corrected chi connectivity index (χ2v) is 8.18. The summed E-state index contributed by atoms with van der Waals surface area (Å²) in [7, 11) is 0. The topological polar surface area (TPSA) is 94.4 Å². The summed E-state index contributed by atoms with van der Waals surface area (Å²) >= 11 is 4.78. The average Bonchev–Trinajstić information content (AvgIpc) is 3.20. The Morgan fingerprint density at radius 1 is 1.30 bits per heavy atom. The van der Waals surface area contributed by atoms with Gasteiger partial charge in [-0.2, -0.15) is 0 Å². The first-order chi connectivity index (χ1) is 14.5. The average molecular weight is 490 g/mol. The number of nitrogens with one attached hydrogen (secondary N) is 1. The van der Waals surface area contributed by atoms with Gasteiger partial charge in [-0.15, -0.1) is 11.3 Å². The van der Waals surface area contributed by atoms with Crippen molar-refractivity contribution in [3.8, 4) is 17.0 Å². The number of hydrogen-bond donors (Lipinski definition) is 1. The van der Waals surface area contributed by atoms with E-state index in [2.05, 4.69) is 33.2 Å². The Labute approximate surface area is 186 Å². The Bertz CT molecular complexity index is 1050. The first-order valence-corrected chi connectivity index (χ1v) is 11.0. The van der Waals surface area contributed by atoms with E-state index in [1.807, 2.05) is 18.2 Å². The van der Waals surface area contributed by atoms with Gasteiger partial charge in [0.25, 0.3) is 5.69 Å². The van der Waals surface area contributed by atoms with E-state index in [1.54, 1.807) is 17.5 Å². The maximum absolute atomic E-state index is 12.2. The van der Waals surface area contributed by atoms with Gasteiger partial charge in [0.15, 0.2) is 5.13 Å². The van der Waals surface area contributed by atoms with Crippen molar-refractivity contribution < 1.29 is 14.5 Å². The maximum atomic E-state index is 12.2. The van der Waals surface area contributed by atoms with Crippen LogP contribution in [0.2, 0.25) is 0 Å². The maximum Gasteiger partial charge on any atom is 0.270 e. The van der Waals surface area contributed by atoms with Crippen molar-refractivity contribution in [2.45, 2.75) is 26.2 Å². The van der Waals surface area contributed by atoms with Gasteiger partial charge >= 0.3 is 0 Å². The zero-order valence-electron chi connectivity index (χ0n) is 16.3. The number of amides is 1. The van der Waals surface area contributed by atoms with Crippen LogP contribution in [0.25, 0.3) is 11.3 Å². The van der Waals surface area contributed by atoms with Crippen LogP contribution < -0.4 is 10.1 Å². The Balaban J connectivity index is 1.48. The third-order valence-electron chi connectivity index (χ3n) is 4.31. The number of nitro groups is 1. The predicted octanol–water partition coefficient (Wildman–Crippen LogP) is 5.84. The molecule has 0 fully saturated rings. The summed E-state index contributed by atoms with van der Waals surface area (Å²) in [5.41, 5.74) is 2.44. The van der Waals surface area contributed by atoms with Crippen LogP contribution in [-0.2, 0) is 11.2 Å². The lowest BCUT2D eigenvalue weighted by molar-refractivity contribution is -0.384. The molecule has 0 aliphatic heterocycles. The summed E-state index contributed by atoms with van der Waals surface area (Å²) in [4.78, 5) is 27.0. The second kappa shape index (κ2) is 10.3. The van der Waals surface area contributed by atoms with Crippen LogP contribution in [0.1, 0.15) is 25.3 Å². The van der Waals surface area contributed by atoms with Gasteiger partial charge in [-0.1, -0.05) is 25.1 Å². The summed E-state index contributed by atoms with van der Waals surface area (Å²) in [6.45, 7) is 2.52. The number of aromatic nitrogens is 1. The largest absolute Gasteiger partial charge is 0.492 e. The summed E-state index contributed by atoms with van der Waals surface area (Å²) in [6.07, 6.45) is 1.83. The Morgan fingerprint density at radius 3 is 2.87 bits per heavy atom. The highest BCUT2D eigenvalue weighted by Gasteiger charge is 2.11. The molecule has 0 saturated heterocycles. The number of aryl methyl sites for hydroxylation is 1. The van der Waals surface area contributed by atoms with Gasteiger partial charge in [0.1, 0.15) is 5.75 Å². The zero-order chi connectivity index (χ0) is 21.5. The quantitative estimate of drug-likeness (QED) is 0.231. The third kappa shape index (κ3) is 5.87. The van der Waals surface area contributed by atoms with Gasteiger partial charge in [0.05, 0.1) is 21.7 Å². The SMILES string of the molecule is CCc1ccc(OCCCC(=O)Nc2nc(-c3cccc([N+](=O)[O-])c3)cs2)c(Br)c1. The molecular formula is C21H20BrN3O4S. The van der Waals surface area contributed by atoms with Crippen molar-refractivity contribution in [2.24, 2.45) is 0 Å². The number of non-ortho nitro benzene ring substituents is 1. The molecule has 2 aromatic carbocycles. The first-order valence-electron chi connectivity index (χ1n) is 9.37. The molecule has 7 nitrogen and oxygen atoms in total. The smallest absolute Gasteiger partial charge is 0.270 e.